The lowest BCUT2D eigenvalue weighted by atomic mass is 10.1. The fourth-order valence-corrected chi connectivity index (χ4v) is 3.99. The van der Waals surface area contributed by atoms with E-state index in [2.05, 4.69) is 30.6 Å². The van der Waals surface area contributed by atoms with Crippen LogP contribution in [0.3, 0.4) is 0 Å². The molecule has 0 aliphatic heterocycles. The summed E-state index contributed by atoms with van der Waals surface area (Å²) in [5.74, 6) is 0.885. The first-order chi connectivity index (χ1) is 17.4. The Morgan fingerprint density at radius 3 is 1.56 bits per heavy atom. The monoisotopic (exact) mass is 495 g/mol. The third-order valence-electron chi connectivity index (χ3n) is 5.26. The van der Waals surface area contributed by atoms with E-state index >= 15 is 0 Å². The Hall–Kier alpha value is -4.67. The average Bonchev–Trinajstić information content (AvgIpc) is 2.90. The van der Waals surface area contributed by atoms with E-state index in [9.17, 15) is 8.42 Å². The van der Waals surface area contributed by atoms with E-state index in [0.717, 1.165) is 28.2 Å². The summed E-state index contributed by atoms with van der Waals surface area (Å²) in [6, 6.07) is 27.4. The quantitative estimate of drug-likeness (QED) is 0.295. The summed E-state index contributed by atoms with van der Waals surface area (Å²) in [4.78, 5) is 17.8. The normalized spacial score (nSPS) is 11.1. The topological polar surface area (TPSA) is 136 Å². The van der Waals surface area contributed by atoms with E-state index in [4.69, 9.17) is 5.14 Å². The molecule has 5 aromatic rings. The molecule has 2 heterocycles. The molecule has 178 valence electrons. The van der Waals surface area contributed by atoms with Crippen molar-refractivity contribution in [3.8, 4) is 22.5 Å². The standard InChI is InChI=1S/C26H21N7O2S/c27-36(34,35)22-12-10-21(11-13-22)31-26-29-17-15-24(33-26)19-6-8-20(9-7-19)30-25-28-16-14-23(32-25)18-4-2-1-3-5-18/h1-17H,(H2,27,34,35)(H,28,30,32)(H,29,31,33). The minimum Gasteiger partial charge on any atom is -0.324 e. The van der Waals surface area contributed by atoms with Crippen LogP contribution in [-0.4, -0.2) is 28.4 Å². The highest BCUT2D eigenvalue weighted by Crippen LogP contribution is 2.24. The largest absolute Gasteiger partial charge is 0.324 e. The van der Waals surface area contributed by atoms with Gasteiger partial charge in [-0.3, -0.25) is 0 Å². The lowest BCUT2D eigenvalue weighted by Gasteiger charge is -2.09. The molecule has 0 amide bonds. The number of aromatic nitrogens is 4. The Balaban J connectivity index is 1.29. The SMILES string of the molecule is NS(=O)(=O)c1ccc(Nc2nccc(-c3ccc(Nc4nccc(-c5ccccc5)n4)cc3)n2)cc1. The highest BCUT2D eigenvalue weighted by molar-refractivity contribution is 7.89. The Morgan fingerprint density at radius 2 is 1.06 bits per heavy atom. The molecule has 5 rings (SSSR count). The number of hydrogen-bond donors (Lipinski definition) is 3. The molecule has 0 radical (unpaired) electrons. The number of primary sulfonamides is 1. The molecule has 0 spiro atoms. The number of rotatable bonds is 7. The number of nitrogens with zero attached hydrogens (tertiary/aromatic N) is 4. The second-order valence-corrected chi connectivity index (χ2v) is 9.36. The van der Waals surface area contributed by atoms with Crippen molar-refractivity contribution in [3.63, 3.8) is 0 Å². The van der Waals surface area contributed by atoms with Crippen LogP contribution in [0.25, 0.3) is 22.5 Å². The molecule has 0 saturated carbocycles. The van der Waals surface area contributed by atoms with Gasteiger partial charge in [0.25, 0.3) is 0 Å². The Kier molecular flexibility index (Phi) is 6.35. The van der Waals surface area contributed by atoms with Crippen LogP contribution in [0.1, 0.15) is 0 Å². The van der Waals surface area contributed by atoms with Gasteiger partial charge in [0.1, 0.15) is 0 Å². The number of benzene rings is 3. The molecular formula is C26H21N7O2S. The van der Waals surface area contributed by atoms with Gasteiger partial charge >= 0.3 is 0 Å². The predicted octanol–water partition coefficient (Wildman–Crippen LogP) is 4.74. The zero-order chi connectivity index (χ0) is 25.0. The lowest BCUT2D eigenvalue weighted by Crippen LogP contribution is -2.11. The number of nitrogens with two attached hydrogens (primary N) is 1. The molecule has 0 atom stereocenters. The van der Waals surface area contributed by atoms with Crippen molar-refractivity contribution in [2.45, 2.75) is 4.90 Å². The van der Waals surface area contributed by atoms with Crippen LogP contribution in [0, 0.1) is 0 Å². The van der Waals surface area contributed by atoms with Crippen molar-refractivity contribution >= 4 is 33.3 Å². The second-order valence-electron chi connectivity index (χ2n) is 7.79. The Bertz CT molecular complexity index is 1590. The fraction of sp³-hybridized carbons (Fsp3) is 0. The minimum absolute atomic E-state index is 0.0358. The third-order valence-corrected chi connectivity index (χ3v) is 6.19. The Labute approximate surface area is 208 Å². The first-order valence-electron chi connectivity index (χ1n) is 10.9. The minimum atomic E-state index is -3.75. The molecule has 0 saturated heterocycles. The van der Waals surface area contributed by atoms with Crippen LogP contribution in [0.2, 0.25) is 0 Å². The van der Waals surface area contributed by atoms with Crippen LogP contribution in [0.5, 0.6) is 0 Å². The smallest absolute Gasteiger partial charge is 0.238 e. The lowest BCUT2D eigenvalue weighted by molar-refractivity contribution is 0.598. The van der Waals surface area contributed by atoms with E-state index in [1.807, 2.05) is 66.7 Å². The second kappa shape index (κ2) is 9.90. The summed E-state index contributed by atoms with van der Waals surface area (Å²) in [5, 5.41) is 11.4. The van der Waals surface area contributed by atoms with Crippen molar-refractivity contribution < 1.29 is 8.42 Å². The van der Waals surface area contributed by atoms with E-state index in [1.54, 1.807) is 24.5 Å². The van der Waals surface area contributed by atoms with Crippen molar-refractivity contribution in [2.24, 2.45) is 5.14 Å². The molecule has 2 aromatic heterocycles. The molecule has 3 aromatic carbocycles. The molecule has 36 heavy (non-hydrogen) atoms. The van der Waals surface area contributed by atoms with Crippen molar-refractivity contribution in [1.82, 2.24) is 19.9 Å². The van der Waals surface area contributed by atoms with Gasteiger partial charge in [-0.05, 0) is 48.5 Å². The summed E-state index contributed by atoms with van der Waals surface area (Å²) in [6.45, 7) is 0. The maximum absolute atomic E-state index is 11.4. The number of anilines is 4. The summed E-state index contributed by atoms with van der Waals surface area (Å²) < 4.78 is 22.9. The molecule has 4 N–H and O–H groups in total. The van der Waals surface area contributed by atoms with Crippen molar-refractivity contribution in [3.05, 3.63) is 103 Å². The van der Waals surface area contributed by atoms with Crippen molar-refractivity contribution in [2.75, 3.05) is 10.6 Å². The average molecular weight is 496 g/mol. The van der Waals surface area contributed by atoms with Crippen LogP contribution >= 0.6 is 0 Å². The van der Waals surface area contributed by atoms with Gasteiger partial charge in [-0.2, -0.15) is 0 Å². The van der Waals surface area contributed by atoms with Crippen LogP contribution in [0.4, 0.5) is 23.3 Å². The summed E-state index contributed by atoms with van der Waals surface area (Å²) >= 11 is 0. The van der Waals surface area contributed by atoms with E-state index in [1.165, 1.54) is 12.1 Å². The maximum Gasteiger partial charge on any atom is 0.238 e. The molecule has 0 aliphatic carbocycles. The highest BCUT2D eigenvalue weighted by Gasteiger charge is 2.08. The summed E-state index contributed by atoms with van der Waals surface area (Å²) in [7, 11) is -3.75. The molecule has 0 fully saturated rings. The summed E-state index contributed by atoms with van der Waals surface area (Å²) in [6.07, 6.45) is 3.38. The highest BCUT2D eigenvalue weighted by atomic mass is 32.2. The van der Waals surface area contributed by atoms with Gasteiger partial charge in [-0.1, -0.05) is 42.5 Å². The van der Waals surface area contributed by atoms with Gasteiger partial charge in [0.2, 0.25) is 21.9 Å². The van der Waals surface area contributed by atoms with Gasteiger partial charge in [0.15, 0.2) is 0 Å². The van der Waals surface area contributed by atoms with Crippen molar-refractivity contribution in [1.29, 1.82) is 0 Å². The van der Waals surface area contributed by atoms with Gasteiger partial charge in [0, 0.05) is 34.9 Å². The van der Waals surface area contributed by atoms with Gasteiger partial charge in [0.05, 0.1) is 16.3 Å². The molecule has 0 unspecified atom stereocenters. The molecule has 0 bridgehead atoms. The van der Waals surface area contributed by atoms with Gasteiger partial charge in [-0.25, -0.2) is 33.5 Å². The first kappa shape index (κ1) is 23.1. The van der Waals surface area contributed by atoms with Gasteiger partial charge in [-0.15, -0.1) is 0 Å². The zero-order valence-corrected chi connectivity index (χ0v) is 19.7. The molecule has 10 heteroatoms. The number of hydrogen-bond acceptors (Lipinski definition) is 8. The molecular weight excluding hydrogens is 474 g/mol. The fourth-order valence-electron chi connectivity index (χ4n) is 3.48. The third kappa shape index (κ3) is 5.52. The summed E-state index contributed by atoms with van der Waals surface area (Å²) in [5.41, 5.74) is 4.96. The maximum atomic E-state index is 11.4. The number of sulfonamides is 1. The van der Waals surface area contributed by atoms with Crippen LogP contribution in [-0.2, 0) is 10.0 Å². The van der Waals surface area contributed by atoms with Crippen LogP contribution in [0.15, 0.2) is 108 Å². The van der Waals surface area contributed by atoms with E-state index in [-0.39, 0.29) is 4.90 Å². The van der Waals surface area contributed by atoms with Gasteiger partial charge < -0.3 is 10.6 Å². The zero-order valence-electron chi connectivity index (χ0n) is 18.9. The predicted molar refractivity (Wildman–Crippen MR) is 139 cm³/mol. The Morgan fingerprint density at radius 1 is 0.583 bits per heavy atom. The first-order valence-corrected chi connectivity index (χ1v) is 12.5. The number of nitrogens with one attached hydrogen (secondary N) is 2. The van der Waals surface area contributed by atoms with E-state index in [0.29, 0.717) is 17.6 Å². The van der Waals surface area contributed by atoms with Crippen LogP contribution < -0.4 is 15.8 Å². The van der Waals surface area contributed by atoms with E-state index < -0.39 is 10.0 Å². The molecule has 0 aliphatic rings. The molecule has 9 nitrogen and oxygen atoms in total.